The lowest BCUT2D eigenvalue weighted by Crippen LogP contribution is -2.34. The van der Waals surface area contributed by atoms with E-state index in [0.29, 0.717) is 0 Å². The molecule has 1 aromatic rings. The third kappa shape index (κ3) is 4.75. The smallest absolute Gasteiger partial charge is 0.223 e. The molecular weight excluding hydrogens is 280 g/mol. The molecule has 0 radical (unpaired) electrons. The lowest BCUT2D eigenvalue weighted by Gasteiger charge is -2.27. The van der Waals surface area contributed by atoms with Gasteiger partial charge in [0.2, 0.25) is 5.91 Å². The molecule has 4 heteroatoms. The molecule has 0 fully saturated rings. The highest BCUT2D eigenvalue weighted by molar-refractivity contribution is 7.99. The number of nitrogens with one attached hydrogen (secondary N) is 1. The number of fused-ring (bicyclic) bond motifs is 1. The number of benzene rings is 1. The second-order valence-electron chi connectivity index (χ2n) is 6.05. The lowest BCUT2D eigenvalue weighted by molar-refractivity contribution is -0.125. The summed E-state index contributed by atoms with van der Waals surface area (Å²) in [6, 6.07) is 8.79. The molecule has 21 heavy (non-hydrogen) atoms. The highest BCUT2D eigenvalue weighted by Gasteiger charge is 2.23. The zero-order valence-electron chi connectivity index (χ0n) is 13.0. The molecule has 1 heterocycles. The number of rotatable bonds is 6. The molecule has 3 N–H and O–H groups in total. The molecule has 0 bridgehead atoms. The molecule has 0 saturated carbocycles. The summed E-state index contributed by atoms with van der Waals surface area (Å²) >= 11 is 1.88. The third-order valence-corrected chi connectivity index (χ3v) is 5.14. The standard InChI is InChI=1S/C17H26N2OS/c1-12(6-5-7-13(2)18)17(20)19-15-10-11-21-16-9-4-3-8-14(15)16/h3-4,8-9,12-13,15H,5-7,10-11,18H2,1-2H3,(H,19,20). The first-order valence-corrected chi connectivity index (χ1v) is 8.84. The second kappa shape index (κ2) is 7.85. The molecule has 3 unspecified atom stereocenters. The van der Waals surface area contributed by atoms with Crippen molar-refractivity contribution >= 4 is 17.7 Å². The molecule has 1 aliphatic rings. The molecule has 0 aliphatic carbocycles. The van der Waals surface area contributed by atoms with E-state index in [2.05, 4.69) is 29.6 Å². The van der Waals surface area contributed by atoms with Crippen molar-refractivity contribution in [2.75, 3.05) is 5.75 Å². The van der Waals surface area contributed by atoms with E-state index in [9.17, 15) is 4.79 Å². The van der Waals surface area contributed by atoms with Gasteiger partial charge in [-0.25, -0.2) is 0 Å². The van der Waals surface area contributed by atoms with Crippen LogP contribution in [0.25, 0.3) is 0 Å². The average Bonchev–Trinajstić information content (AvgIpc) is 2.47. The van der Waals surface area contributed by atoms with E-state index in [1.807, 2.05) is 25.6 Å². The SMILES string of the molecule is CC(N)CCCC(C)C(=O)NC1CCSc2ccccc21. The van der Waals surface area contributed by atoms with Crippen LogP contribution < -0.4 is 11.1 Å². The first kappa shape index (κ1) is 16.4. The molecule has 3 nitrogen and oxygen atoms in total. The van der Waals surface area contributed by atoms with Gasteiger partial charge in [0.1, 0.15) is 0 Å². The Labute approximate surface area is 132 Å². The van der Waals surface area contributed by atoms with Gasteiger partial charge in [-0.1, -0.05) is 31.5 Å². The van der Waals surface area contributed by atoms with Gasteiger partial charge in [-0.15, -0.1) is 11.8 Å². The summed E-state index contributed by atoms with van der Waals surface area (Å²) < 4.78 is 0. The van der Waals surface area contributed by atoms with Crippen molar-refractivity contribution in [2.45, 2.75) is 56.5 Å². The van der Waals surface area contributed by atoms with Crippen molar-refractivity contribution in [3.05, 3.63) is 29.8 Å². The van der Waals surface area contributed by atoms with Gasteiger partial charge in [0, 0.05) is 22.6 Å². The molecule has 0 spiro atoms. The maximum absolute atomic E-state index is 12.3. The van der Waals surface area contributed by atoms with Crippen molar-refractivity contribution < 1.29 is 4.79 Å². The van der Waals surface area contributed by atoms with Gasteiger partial charge in [-0.05, 0) is 37.8 Å². The van der Waals surface area contributed by atoms with E-state index in [1.165, 1.54) is 10.5 Å². The Hall–Kier alpha value is -1.00. The molecular formula is C17H26N2OS. The summed E-state index contributed by atoms with van der Waals surface area (Å²) in [5.74, 6) is 1.30. The highest BCUT2D eigenvalue weighted by atomic mass is 32.2. The second-order valence-corrected chi connectivity index (χ2v) is 7.18. The molecule has 0 saturated heterocycles. The minimum absolute atomic E-state index is 0.0606. The van der Waals surface area contributed by atoms with E-state index in [1.54, 1.807) is 0 Å². The van der Waals surface area contributed by atoms with Crippen LogP contribution in [0.4, 0.5) is 0 Å². The topological polar surface area (TPSA) is 55.1 Å². The molecule has 1 amide bonds. The Balaban J connectivity index is 1.88. The number of carbonyl (C=O) groups is 1. The van der Waals surface area contributed by atoms with Crippen LogP contribution in [0.1, 0.15) is 51.1 Å². The fourth-order valence-corrected chi connectivity index (χ4v) is 3.81. The average molecular weight is 306 g/mol. The summed E-state index contributed by atoms with van der Waals surface area (Å²) in [6.45, 7) is 4.03. The van der Waals surface area contributed by atoms with Gasteiger partial charge >= 0.3 is 0 Å². The van der Waals surface area contributed by atoms with E-state index in [0.717, 1.165) is 31.4 Å². The Morgan fingerprint density at radius 3 is 2.90 bits per heavy atom. The van der Waals surface area contributed by atoms with Crippen molar-refractivity contribution in [3.63, 3.8) is 0 Å². The van der Waals surface area contributed by atoms with Crippen LogP contribution in [0, 0.1) is 5.92 Å². The fourth-order valence-electron chi connectivity index (χ4n) is 2.68. The summed E-state index contributed by atoms with van der Waals surface area (Å²) in [5, 5.41) is 3.23. The van der Waals surface area contributed by atoms with Gasteiger partial charge in [-0.3, -0.25) is 4.79 Å². The van der Waals surface area contributed by atoms with Gasteiger partial charge in [-0.2, -0.15) is 0 Å². The Morgan fingerprint density at radius 1 is 1.38 bits per heavy atom. The zero-order valence-corrected chi connectivity index (χ0v) is 13.8. The summed E-state index contributed by atoms with van der Waals surface area (Å²) in [4.78, 5) is 13.7. The molecule has 0 aromatic heterocycles. The maximum atomic E-state index is 12.3. The number of hydrogen-bond donors (Lipinski definition) is 2. The largest absolute Gasteiger partial charge is 0.349 e. The third-order valence-electron chi connectivity index (χ3n) is 4.02. The monoisotopic (exact) mass is 306 g/mol. The van der Waals surface area contributed by atoms with Gasteiger partial charge < -0.3 is 11.1 Å². The highest BCUT2D eigenvalue weighted by Crippen LogP contribution is 2.35. The predicted octanol–water partition coefficient (Wildman–Crippen LogP) is 3.49. The van der Waals surface area contributed by atoms with Crippen molar-refractivity contribution in [2.24, 2.45) is 11.7 Å². The zero-order chi connectivity index (χ0) is 15.2. The number of amides is 1. The van der Waals surface area contributed by atoms with Crippen LogP contribution in [0.15, 0.2) is 29.2 Å². The maximum Gasteiger partial charge on any atom is 0.223 e. The Morgan fingerprint density at radius 2 is 2.14 bits per heavy atom. The molecule has 3 atom stereocenters. The Bertz CT molecular complexity index is 476. The minimum Gasteiger partial charge on any atom is -0.349 e. The lowest BCUT2D eigenvalue weighted by atomic mass is 9.99. The first-order valence-electron chi connectivity index (χ1n) is 7.85. The van der Waals surface area contributed by atoms with Crippen LogP contribution in [0.2, 0.25) is 0 Å². The number of carbonyl (C=O) groups excluding carboxylic acids is 1. The van der Waals surface area contributed by atoms with Crippen LogP contribution in [0.3, 0.4) is 0 Å². The summed E-state index contributed by atoms with van der Waals surface area (Å²) in [5.41, 5.74) is 7.02. The van der Waals surface area contributed by atoms with Crippen LogP contribution >= 0.6 is 11.8 Å². The van der Waals surface area contributed by atoms with Crippen LogP contribution in [0.5, 0.6) is 0 Å². The number of nitrogens with two attached hydrogens (primary N) is 1. The van der Waals surface area contributed by atoms with E-state index >= 15 is 0 Å². The molecule has 2 rings (SSSR count). The summed E-state index contributed by atoms with van der Waals surface area (Å²) in [7, 11) is 0. The van der Waals surface area contributed by atoms with Gasteiger partial charge in [0.05, 0.1) is 6.04 Å². The van der Waals surface area contributed by atoms with Crippen molar-refractivity contribution in [1.82, 2.24) is 5.32 Å². The van der Waals surface area contributed by atoms with E-state index in [4.69, 9.17) is 5.73 Å². The molecule has 1 aromatic carbocycles. The quantitative estimate of drug-likeness (QED) is 0.846. The number of hydrogen-bond acceptors (Lipinski definition) is 3. The van der Waals surface area contributed by atoms with Gasteiger partial charge in [0.15, 0.2) is 0 Å². The van der Waals surface area contributed by atoms with Gasteiger partial charge in [0.25, 0.3) is 0 Å². The van der Waals surface area contributed by atoms with Crippen molar-refractivity contribution in [3.8, 4) is 0 Å². The molecule has 116 valence electrons. The van der Waals surface area contributed by atoms with E-state index < -0.39 is 0 Å². The minimum atomic E-state index is 0.0606. The predicted molar refractivity (Wildman–Crippen MR) is 89.3 cm³/mol. The Kier molecular flexibility index (Phi) is 6.12. The number of thioether (sulfide) groups is 1. The first-order chi connectivity index (χ1) is 10.1. The van der Waals surface area contributed by atoms with Crippen LogP contribution in [-0.2, 0) is 4.79 Å². The fraction of sp³-hybridized carbons (Fsp3) is 0.588. The normalized spacial score (nSPS) is 20.4. The summed E-state index contributed by atoms with van der Waals surface area (Å²) in [6.07, 6.45) is 3.93. The molecule has 1 aliphatic heterocycles. The van der Waals surface area contributed by atoms with E-state index in [-0.39, 0.29) is 23.9 Å². The van der Waals surface area contributed by atoms with Crippen LogP contribution in [-0.4, -0.2) is 17.7 Å². The van der Waals surface area contributed by atoms with Crippen molar-refractivity contribution in [1.29, 1.82) is 0 Å².